The summed E-state index contributed by atoms with van der Waals surface area (Å²) in [7, 11) is -3.62. The second-order valence-corrected chi connectivity index (χ2v) is 17.2. The van der Waals surface area contributed by atoms with E-state index in [9.17, 15) is 27.2 Å². The molecule has 0 spiro atoms. The standard InChI is InChI=1S/C38H50FN7O5S/c1-24(2)46-31-18-12-16-29(39)33(31)43-37(46)42-27-22-32(34(40)47)45(23-27)36(49)30(41-26-14-9-7-10-15-26)17-11-6-4-5-8-13-25-21-28(25)35(48)44-52(50,51)38(3)19-20-38/h7-10,12-16,18,24-25,27-28,30,32,41H,4-6,11,17,19-23H2,1-3H3,(H4,40,42,43,44,47,48)/p-1/b13-8-/t25-,27?,28+,30+,32+/m1/s1. The van der Waals surface area contributed by atoms with Gasteiger partial charge in [0.05, 0.1) is 4.75 Å². The molecule has 1 saturated heterocycles. The van der Waals surface area contributed by atoms with Crippen LogP contribution in [-0.4, -0.2) is 70.0 Å². The summed E-state index contributed by atoms with van der Waals surface area (Å²) in [6.07, 6.45) is 9.93. The zero-order valence-corrected chi connectivity index (χ0v) is 30.8. The molecule has 2 aromatic carbocycles. The summed E-state index contributed by atoms with van der Waals surface area (Å²) in [5.41, 5.74) is 7.48. The quantitative estimate of drug-likeness (QED) is 0.116. The molecule has 1 unspecified atom stereocenters. The van der Waals surface area contributed by atoms with Crippen LogP contribution in [0.15, 0.2) is 60.7 Å². The third kappa shape index (κ3) is 8.27. The summed E-state index contributed by atoms with van der Waals surface area (Å²) < 4.78 is 42.7. The fourth-order valence-corrected chi connectivity index (χ4v) is 8.31. The minimum atomic E-state index is -3.62. The predicted octanol–water partition coefficient (Wildman–Crippen LogP) is 5.84. The maximum Gasteiger partial charge on any atom is 0.245 e. The average molecular weight is 735 g/mol. The highest BCUT2D eigenvalue weighted by molar-refractivity contribution is 7.91. The Morgan fingerprint density at radius 3 is 2.52 bits per heavy atom. The van der Waals surface area contributed by atoms with E-state index in [1.807, 2.05) is 60.9 Å². The van der Waals surface area contributed by atoms with E-state index in [1.165, 1.54) is 11.0 Å². The van der Waals surface area contributed by atoms with Gasteiger partial charge in [0.1, 0.15) is 17.9 Å². The number of rotatable bonds is 17. The molecule has 1 aromatic heterocycles. The number of carbonyl (C=O) groups excluding carboxylic acids is 3. The van der Waals surface area contributed by atoms with Gasteiger partial charge < -0.3 is 30.8 Å². The Morgan fingerprint density at radius 2 is 1.83 bits per heavy atom. The Hall–Kier alpha value is -4.46. The Labute approximate surface area is 304 Å². The van der Waals surface area contributed by atoms with Crippen LogP contribution in [-0.2, 0) is 24.4 Å². The van der Waals surface area contributed by atoms with Crippen LogP contribution < -0.4 is 15.8 Å². The summed E-state index contributed by atoms with van der Waals surface area (Å²) in [5, 5.41) is 8.21. The molecule has 5 atom stereocenters. The largest absolute Gasteiger partial charge is 0.394 e. The Bertz CT molecular complexity index is 1930. The van der Waals surface area contributed by atoms with Crippen LogP contribution in [0.3, 0.4) is 0 Å². The van der Waals surface area contributed by atoms with Crippen LogP contribution in [0.1, 0.15) is 84.6 Å². The molecule has 2 saturated carbocycles. The van der Waals surface area contributed by atoms with E-state index in [2.05, 4.69) is 15.0 Å². The summed E-state index contributed by atoms with van der Waals surface area (Å²) in [6.45, 7) is 5.78. The normalized spacial score (nSPS) is 22.8. The maximum absolute atomic E-state index is 14.6. The molecule has 4 N–H and O–H groups in total. The lowest BCUT2D eigenvalue weighted by molar-refractivity contribution is -0.138. The molecule has 6 rings (SSSR count). The minimum absolute atomic E-state index is 0.0507. The number of carbonyl (C=O) groups is 3. The molecular formula is C38H49FN7O5S-. The molecule has 1 aliphatic heterocycles. The van der Waals surface area contributed by atoms with Crippen molar-refractivity contribution in [3.8, 4) is 0 Å². The number of nitrogens with two attached hydrogens (primary N) is 1. The highest BCUT2D eigenvalue weighted by atomic mass is 32.2. The van der Waals surface area contributed by atoms with Crippen molar-refractivity contribution >= 4 is 50.4 Å². The summed E-state index contributed by atoms with van der Waals surface area (Å²) >= 11 is 0. The lowest BCUT2D eigenvalue weighted by Crippen LogP contribution is -2.49. The first-order chi connectivity index (χ1) is 24.8. The number of aromatic nitrogens is 2. The summed E-state index contributed by atoms with van der Waals surface area (Å²) in [4.78, 5) is 45.3. The molecule has 2 heterocycles. The number of primary amides is 1. The summed E-state index contributed by atoms with van der Waals surface area (Å²) in [5.74, 6) is -1.58. The fraction of sp³-hybridized carbons (Fsp3) is 0.526. The fourth-order valence-electron chi connectivity index (χ4n) is 7.01. The number of sulfonamides is 1. The van der Waals surface area contributed by atoms with Crippen molar-refractivity contribution in [2.45, 2.75) is 107 Å². The van der Waals surface area contributed by atoms with Gasteiger partial charge in [-0.15, -0.1) is 0 Å². The van der Waals surface area contributed by atoms with Gasteiger partial charge in [0.15, 0.2) is 0 Å². The number of likely N-dealkylation sites (tertiary alicyclic amines) is 1. The molecule has 280 valence electrons. The average Bonchev–Trinajstić information content (AvgIpc) is 3.97. The zero-order chi connectivity index (χ0) is 37.2. The van der Waals surface area contributed by atoms with Crippen LogP contribution in [0.25, 0.3) is 16.4 Å². The number of benzene rings is 2. The first-order valence-corrected chi connectivity index (χ1v) is 19.8. The third-order valence-electron chi connectivity index (χ3n) is 10.5. The molecule has 0 radical (unpaired) electrons. The van der Waals surface area contributed by atoms with Crippen LogP contribution in [0, 0.1) is 17.7 Å². The van der Waals surface area contributed by atoms with Gasteiger partial charge in [-0.05, 0) is 87.5 Å². The number of allylic oxidation sites excluding steroid dienone is 2. The number of nitrogens with one attached hydrogen (secondary N) is 2. The van der Waals surface area contributed by atoms with Crippen molar-refractivity contribution < 1.29 is 27.2 Å². The second-order valence-electron chi connectivity index (χ2n) is 15.0. The predicted molar refractivity (Wildman–Crippen MR) is 199 cm³/mol. The molecule has 2 aliphatic carbocycles. The smallest absolute Gasteiger partial charge is 0.245 e. The molecule has 3 amide bonds. The number of fused-ring (bicyclic) bond motifs is 1. The van der Waals surface area contributed by atoms with Crippen LogP contribution in [0.5, 0.6) is 0 Å². The monoisotopic (exact) mass is 734 g/mol. The van der Waals surface area contributed by atoms with Crippen LogP contribution in [0.4, 0.5) is 16.0 Å². The number of halogens is 1. The maximum atomic E-state index is 14.6. The van der Waals surface area contributed by atoms with Crippen molar-refractivity contribution in [1.82, 2.24) is 19.2 Å². The number of imidazole rings is 1. The number of nitrogens with zero attached hydrogens (tertiary/aromatic N) is 4. The SMILES string of the molecule is CC(C)n1c([N-]C2C[C@@H](C(N)=O)N(C(=O)[C@H](CCCCC/C=C\[C@@H]3C[C@@H]3C(=O)NS(=O)(=O)C3(C)CC3)Nc3ccccc3)C2)nc2c(F)cccc21. The molecule has 52 heavy (non-hydrogen) atoms. The van der Waals surface area contributed by atoms with Gasteiger partial charge in [0.25, 0.3) is 0 Å². The molecule has 0 bridgehead atoms. The number of anilines is 1. The van der Waals surface area contributed by atoms with Gasteiger partial charge in [0.2, 0.25) is 27.7 Å². The highest BCUT2D eigenvalue weighted by Gasteiger charge is 2.52. The minimum Gasteiger partial charge on any atom is -0.394 e. The van der Waals surface area contributed by atoms with Gasteiger partial charge >= 0.3 is 0 Å². The van der Waals surface area contributed by atoms with Gasteiger partial charge in [-0.1, -0.05) is 69.2 Å². The van der Waals surface area contributed by atoms with Crippen molar-refractivity contribution in [2.75, 3.05) is 11.9 Å². The number of para-hydroxylation sites is 2. The van der Waals surface area contributed by atoms with E-state index >= 15 is 0 Å². The molecule has 12 nitrogen and oxygen atoms in total. The topological polar surface area (TPSA) is 171 Å². The van der Waals surface area contributed by atoms with Crippen molar-refractivity contribution in [3.05, 3.63) is 71.8 Å². The Morgan fingerprint density at radius 1 is 1.08 bits per heavy atom. The van der Waals surface area contributed by atoms with Crippen LogP contribution >= 0.6 is 0 Å². The molecule has 3 aromatic rings. The van der Waals surface area contributed by atoms with Crippen molar-refractivity contribution in [3.63, 3.8) is 0 Å². The molecule has 3 fully saturated rings. The lowest BCUT2D eigenvalue weighted by Gasteiger charge is -2.29. The molecule has 3 aliphatic rings. The third-order valence-corrected chi connectivity index (χ3v) is 12.7. The van der Waals surface area contributed by atoms with E-state index in [1.54, 1.807) is 19.1 Å². The van der Waals surface area contributed by atoms with Gasteiger partial charge in [-0.3, -0.25) is 19.1 Å². The van der Waals surface area contributed by atoms with Crippen molar-refractivity contribution in [2.24, 2.45) is 17.6 Å². The van der Waals surface area contributed by atoms with Crippen molar-refractivity contribution in [1.29, 1.82) is 0 Å². The first-order valence-electron chi connectivity index (χ1n) is 18.3. The van der Waals surface area contributed by atoms with E-state index in [0.717, 1.165) is 31.4 Å². The molecular weight excluding hydrogens is 686 g/mol. The summed E-state index contributed by atoms with van der Waals surface area (Å²) in [6, 6.07) is 12.3. The Balaban J connectivity index is 1.04. The van der Waals surface area contributed by atoms with E-state index < -0.39 is 50.5 Å². The lowest BCUT2D eigenvalue weighted by atomic mass is 10.0. The molecule has 14 heteroatoms. The Kier molecular flexibility index (Phi) is 10.9. The van der Waals surface area contributed by atoms with Gasteiger partial charge in [-0.2, -0.15) is 0 Å². The van der Waals surface area contributed by atoms with E-state index in [4.69, 9.17) is 11.1 Å². The first kappa shape index (κ1) is 37.3. The zero-order valence-electron chi connectivity index (χ0n) is 30.0. The number of hydrogen-bond acceptors (Lipinski definition) is 7. The van der Waals surface area contributed by atoms with Crippen LogP contribution in [0.2, 0.25) is 0 Å². The number of unbranched alkanes of at least 4 members (excludes halogenated alkanes) is 3. The highest BCUT2D eigenvalue weighted by Crippen LogP contribution is 2.44. The van der Waals surface area contributed by atoms with E-state index in [0.29, 0.717) is 37.1 Å². The second kappa shape index (κ2) is 15.3. The van der Waals surface area contributed by atoms with Gasteiger partial charge in [0, 0.05) is 35.7 Å². The number of amides is 3. The van der Waals surface area contributed by atoms with Gasteiger partial charge in [-0.25, -0.2) is 12.8 Å². The number of hydrogen-bond donors (Lipinski definition) is 3. The van der Waals surface area contributed by atoms with E-state index in [-0.39, 0.29) is 42.3 Å².